The number of hydrogen-bond donors (Lipinski definition) is 0. The standard InChI is InChI=1S/C10H19NO/c1-6-9(12)10(7-2,8-3)11(4)5/h6H,1,7-8H2,2-5H3. The van der Waals surface area contributed by atoms with E-state index in [-0.39, 0.29) is 11.3 Å². The molecule has 0 fully saturated rings. The predicted molar refractivity (Wildman–Crippen MR) is 52.2 cm³/mol. The van der Waals surface area contributed by atoms with E-state index in [1.807, 2.05) is 32.8 Å². The van der Waals surface area contributed by atoms with Crippen LogP contribution >= 0.6 is 0 Å². The minimum atomic E-state index is -0.332. The number of rotatable bonds is 5. The average Bonchev–Trinajstić information content (AvgIpc) is 2.06. The molecule has 70 valence electrons. The third kappa shape index (κ3) is 1.75. The molecule has 2 nitrogen and oxygen atoms in total. The molecule has 0 spiro atoms. The van der Waals surface area contributed by atoms with Gasteiger partial charge in [0, 0.05) is 0 Å². The lowest BCUT2D eigenvalue weighted by Gasteiger charge is -2.35. The fourth-order valence-electron chi connectivity index (χ4n) is 1.64. The van der Waals surface area contributed by atoms with Crippen LogP contribution < -0.4 is 0 Å². The lowest BCUT2D eigenvalue weighted by molar-refractivity contribution is -0.125. The minimum absolute atomic E-state index is 0.123. The molecule has 0 aromatic rings. The molecule has 0 bridgehead atoms. The quantitative estimate of drug-likeness (QED) is 0.585. The smallest absolute Gasteiger partial charge is 0.175 e. The van der Waals surface area contributed by atoms with E-state index in [2.05, 4.69) is 6.58 Å². The summed E-state index contributed by atoms with van der Waals surface area (Å²) in [5.74, 6) is 0.123. The van der Waals surface area contributed by atoms with Crippen LogP contribution in [0.4, 0.5) is 0 Å². The monoisotopic (exact) mass is 169 g/mol. The Morgan fingerprint density at radius 2 is 1.83 bits per heavy atom. The Balaban J connectivity index is 4.81. The van der Waals surface area contributed by atoms with Gasteiger partial charge in [0.25, 0.3) is 0 Å². The first kappa shape index (κ1) is 11.4. The van der Waals surface area contributed by atoms with Gasteiger partial charge in [-0.2, -0.15) is 0 Å². The number of ketones is 1. The summed E-state index contributed by atoms with van der Waals surface area (Å²) in [6.07, 6.45) is 3.09. The second-order valence-corrected chi connectivity index (χ2v) is 3.20. The van der Waals surface area contributed by atoms with Crippen molar-refractivity contribution in [2.75, 3.05) is 14.1 Å². The average molecular weight is 169 g/mol. The topological polar surface area (TPSA) is 20.3 Å². The molecular weight excluding hydrogens is 150 g/mol. The van der Waals surface area contributed by atoms with Crippen LogP contribution in [0.3, 0.4) is 0 Å². The summed E-state index contributed by atoms with van der Waals surface area (Å²) in [5, 5.41) is 0. The van der Waals surface area contributed by atoms with Crippen molar-refractivity contribution >= 4 is 5.78 Å². The molecule has 0 atom stereocenters. The zero-order valence-corrected chi connectivity index (χ0v) is 8.55. The molecule has 0 radical (unpaired) electrons. The molecule has 0 N–H and O–H groups in total. The van der Waals surface area contributed by atoms with Crippen LogP contribution in [-0.4, -0.2) is 30.3 Å². The number of likely N-dealkylation sites (N-methyl/N-ethyl adjacent to an activating group) is 1. The molecule has 0 aliphatic heterocycles. The summed E-state index contributed by atoms with van der Waals surface area (Å²) in [4.78, 5) is 13.6. The molecule has 0 saturated heterocycles. The van der Waals surface area contributed by atoms with Gasteiger partial charge in [0.2, 0.25) is 0 Å². The van der Waals surface area contributed by atoms with Crippen LogP contribution in [0, 0.1) is 0 Å². The zero-order chi connectivity index (χ0) is 9.78. The third-order valence-corrected chi connectivity index (χ3v) is 2.67. The molecule has 2 heteroatoms. The van der Waals surface area contributed by atoms with Gasteiger partial charge in [-0.25, -0.2) is 0 Å². The van der Waals surface area contributed by atoms with Crippen molar-refractivity contribution in [1.29, 1.82) is 0 Å². The van der Waals surface area contributed by atoms with Gasteiger partial charge in [-0.1, -0.05) is 20.4 Å². The van der Waals surface area contributed by atoms with E-state index in [1.54, 1.807) is 0 Å². The van der Waals surface area contributed by atoms with E-state index in [0.717, 1.165) is 12.8 Å². The van der Waals surface area contributed by atoms with Gasteiger partial charge >= 0.3 is 0 Å². The molecule has 0 aromatic carbocycles. The molecule has 0 saturated carbocycles. The van der Waals surface area contributed by atoms with Crippen molar-refractivity contribution in [3.05, 3.63) is 12.7 Å². The maximum absolute atomic E-state index is 11.6. The van der Waals surface area contributed by atoms with Gasteiger partial charge in [0.05, 0.1) is 5.54 Å². The first-order chi connectivity index (χ1) is 5.55. The summed E-state index contributed by atoms with van der Waals surface area (Å²) < 4.78 is 0. The fourth-order valence-corrected chi connectivity index (χ4v) is 1.64. The van der Waals surface area contributed by atoms with Crippen LogP contribution in [0.5, 0.6) is 0 Å². The van der Waals surface area contributed by atoms with E-state index in [0.29, 0.717) is 0 Å². The third-order valence-electron chi connectivity index (χ3n) is 2.67. The van der Waals surface area contributed by atoms with Crippen molar-refractivity contribution in [2.24, 2.45) is 0 Å². The number of nitrogens with zero attached hydrogens (tertiary/aromatic N) is 1. The minimum Gasteiger partial charge on any atom is -0.297 e. The number of carbonyl (C=O) groups excluding carboxylic acids is 1. The Hall–Kier alpha value is -0.630. The number of carbonyl (C=O) groups is 1. The van der Waals surface area contributed by atoms with Crippen LogP contribution in [0.1, 0.15) is 26.7 Å². The summed E-state index contributed by atoms with van der Waals surface area (Å²) >= 11 is 0. The van der Waals surface area contributed by atoms with E-state index in [9.17, 15) is 4.79 Å². The van der Waals surface area contributed by atoms with Gasteiger partial charge in [0.1, 0.15) is 0 Å². The second kappa shape index (κ2) is 4.41. The lowest BCUT2D eigenvalue weighted by atomic mass is 9.86. The van der Waals surface area contributed by atoms with Crippen LogP contribution in [0.25, 0.3) is 0 Å². The molecule has 12 heavy (non-hydrogen) atoms. The van der Waals surface area contributed by atoms with Crippen molar-refractivity contribution < 1.29 is 4.79 Å². The highest BCUT2D eigenvalue weighted by Crippen LogP contribution is 2.22. The predicted octanol–water partition coefficient (Wildman–Crippen LogP) is 1.86. The fraction of sp³-hybridized carbons (Fsp3) is 0.700. The summed E-state index contributed by atoms with van der Waals surface area (Å²) in [6.45, 7) is 7.59. The molecule has 0 rings (SSSR count). The largest absolute Gasteiger partial charge is 0.297 e. The van der Waals surface area contributed by atoms with Crippen LogP contribution in [-0.2, 0) is 4.79 Å². The van der Waals surface area contributed by atoms with Gasteiger partial charge in [0.15, 0.2) is 5.78 Å². The lowest BCUT2D eigenvalue weighted by Crippen LogP contribution is -2.49. The highest BCUT2D eigenvalue weighted by molar-refractivity contribution is 5.97. The summed E-state index contributed by atoms with van der Waals surface area (Å²) in [6, 6.07) is 0. The Labute approximate surface area is 75.3 Å². The Kier molecular flexibility index (Phi) is 4.18. The summed E-state index contributed by atoms with van der Waals surface area (Å²) in [7, 11) is 3.88. The van der Waals surface area contributed by atoms with Crippen LogP contribution in [0.15, 0.2) is 12.7 Å². The number of hydrogen-bond acceptors (Lipinski definition) is 2. The Morgan fingerprint density at radius 3 is 1.92 bits per heavy atom. The van der Waals surface area contributed by atoms with Gasteiger partial charge < -0.3 is 0 Å². The SMILES string of the molecule is C=CC(=O)C(CC)(CC)N(C)C. The van der Waals surface area contributed by atoms with Crippen LogP contribution in [0.2, 0.25) is 0 Å². The van der Waals surface area contributed by atoms with Crippen molar-refractivity contribution in [2.45, 2.75) is 32.2 Å². The molecule has 0 unspecified atom stereocenters. The van der Waals surface area contributed by atoms with Crippen molar-refractivity contribution in [3.8, 4) is 0 Å². The van der Waals surface area contributed by atoms with Crippen molar-refractivity contribution in [1.82, 2.24) is 4.90 Å². The van der Waals surface area contributed by atoms with Gasteiger partial charge in [-0.05, 0) is 33.0 Å². The summed E-state index contributed by atoms with van der Waals surface area (Å²) in [5.41, 5.74) is -0.332. The molecule has 0 aliphatic carbocycles. The first-order valence-corrected chi connectivity index (χ1v) is 4.39. The van der Waals surface area contributed by atoms with E-state index >= 15 is 0 Å². The van der Waals surface area contributed by atoms with E-state index in [1.165, 1.54) is 6.08 Å². The second-order valence-electron chi connectivity index (χ2n) is 3.20. The molecule has 0 heterocycles. The molecule has 0 aromatic heterocycles. The van der Waals surface area contributed by atoms with E-state index < -0.39 is 0 Å². The zero-order valence-electron chi connectivity index (χ0n) is 8.55. The first-order valence-electron chi connectivity index (χ1n) is 4.39. The highest BCUT2D eigenvalue weighted by Gasteiger charge is 2.34. The molecular formula is C10H19NO. The normalized spacial score (nSPS) is 11.8. The maximum atomic E-state index is 11.6. The molecule has 0 aliphatic rings. The highest BCUT2D eigenvalue weighted by atomic mass is 16.1. The van der Waals surface area contributed by atoms with Gasteiger partial charge in [-0.3, -0.25) is 9.69 Å². The Bertz CT molecular complexity index is 169. The van der Waals surface area contributed by atoms with Gasteiger partial charge in [-0.15, -0.1) is 0 Å². The maximum Gasteiger partial charge on any atom is 0.175 e. The van der Waals surface area contributed by atoms with Crippen molar-refractivity contribution in [3.63, 3.8) is 0 Å². The molecule has 0 amide bonds. The Morgan fingerprint density at radius 1 is 1.42 bits per heavy atom. The van der Waals surface area contributed by atoms with E-state index in [4.69, 9.17) is 0 Å².